The van der Waals surface area contributed by atoms with Gasteiger partial charge in [0.05, 0.1) is 6.10 Å². The minimum absolute atomic E-state index is 0.269. The lowest BCUT2D eigenvalue weighted by molar-refractivity contribution is -0.128. The van der Waals surface area contributed by atoms with Gasteiger partial charge < -0.3 is 14.5 Å². The van der Waals surface area contributed by atoms with Crippen molar-refractivity contribution in [1.29, 1.82) is 0 Å². The van der Waals surface area contributed by atoms with Crippen LogP contribution >= 0.6 is 0 Å². The second-order valence-electron chi connectivity index (χ2n) is 11.9. The van der Waals surface area contributed by atoms with E-state index in [4.69, 9.17) is 4.74 Å². The fourth-order valence-corrected chi connectivity index (χ4v) is 5.99. The Morgan fingerprint density at radius 2 is 1.77 bits per heavy atom. The average Bonchev–Trinajstić information content (AvgIpc) is 3.09. The third-order valence-electron chi connectivity index (χ3n) is 8.19. The van der Waals surface area contributed by atoms with Crippen LogP contribution in [0.3, 0.4) is 0 Å². The highest BCUT2D eigenvalue weighted by Gasteiger charge is 2.26. The van der Waals surface area contributed by atoms with Gasteiger partial charge in [-0.15, -0.1) is 0 Å². The van der Waals surface area contributed by atoms with Crippen molar-refractivity contribution in [2.24, 2.45) is 11.8 Å². The number of nitrogens with zero attached hydrogens (tertiary/aromatic N) is 2. The molecule has 2 heterocycles. The molecule has 0 aromatic carbocycles. The molecule has 2 unspecified atom stereocenters. The maximum atomic E-state index is 13.9. The quantitative estimate of drug-likeness (QED) is 0.323. The molecule has 1 amide bonds. The summed E-state index contributed by atoms with van der Waals surface area (Å²) in [4.78, 5) is 17.3. The maximum Gasteiger partial charge on any atom is 0.249 e. The summed E-state index contributed by atoms with van der Waals surface area (Å²) >= 11 is 0. The lowest BCUT2D eigenvalue weighted by Crippen LogP contribution is -2.41. The number of ether oxygens (including phenoxy) is 1. The molecule has 200 valence electrons. The Labute approximate surface area is 214 Å². The van der Waals surface area contributed by atoms with Crippen LogP contribution in [-0.2, 0) is 9.53 Å². The molecule has 0 radical (unpaired) electrons. The SMILES string of the molecule is CCC(CCC(C)OCC1CCN(CC(C)(C)F)CC1)C1=CC=C(C(=O)N2CCCCC2)CCC1. The summed E-state index contributed by atoms with van der Waals surface area (Å²) in [6, 6.07) is 0. The molecule has 0 aromatic rings. The van der Waals surface area contributed by atoms with Crippen molar-refractivity contribution in [3.8, 4) is 0 Å². The summed E-state index contributed by atoms with van der Waals surface area (Å²) in [5.74, 6) is 1.45. The minimum atomic E-state index is -1.11. The van der Waals surface area contributed by atoms with Gasteiger partial charge in [0.25, 0.3) is 0 Å². The van der Waals surface area contributed by atoms with Crippen LogP contribution in [0.5, 0.6) is 0 Å². The van der Waals surface area contributed by atoms with Gasteiger partial charge in [-0.2, -0.15) is 0 Å². The zero-order valence-corrected chi connectivity index (χ0v) is 23.0. The Balaban J connectivity index is 1.40. The molecule has 2 atom stereocenters. The number of rotatable bonds is 11. The first-order valence-electron chi connectivity index (χ1n) is 14.5. The van der Waals surface area contributed by atoms with Gasteiger partial charge in [-0.1, -0.05) is 24.6 Å². The molecule has 2 fully saturated rings. The third kappa shape index (κ3) is 9.64. The summed E-state index contributed by atoms with van der Waals surface area (Å²) < 4.78 is 20.2. The molecular weight excluding hydrogens is 439 g/mol. The first-order valence-corrected chi connectivity index (χ1v) is 14.5. The highest BCUT2D eigenvalue weighted by molar-refractivity contribution is 5.93. The van der Waals surface area contributed by atoms with E-state index in [9.17, 15) is 9.18 Å². The van der Waals surface area contributed by atoms with Gasteiger partial charge in [-0.05, 0) is 116 Å². The number of allylic oxidation sites excluding steroid dienone is 3. The van der Waals surface area contributed by atoms with Gasteiger partial charge in [-0.3, -0.25) is 4.79 Å². The van der Waals surface area contributed by atoms with Crippen LogP contribution in [0.15, 0.2) is 23.3 Å². The Morgan fingerprint density at radius 1 is 1.06 bits per heavy atom. The standard InChI is InChI=1S/C30H51FN2O2/c1-5-26(27-10-9-11-28(15-14-27)29(34)33-18-7-6-8-19-33)13-12-24(2)35-22-25-16-20-32(21-17-25)23-30(3,4)31/h14-15,24-26H,5-13,16-23H2,1-4H3. The Hall–Kier alpha value is -1.20. The average molecular weight is 491 g/mol. The molecule has 0 bridgehead atoms. The van der Waals surface area contributed by atoms with Crippen molar-refractivity contribution < 1.29 is 13.9 Å². The molecule has 0 spiro atoms. The molecule has 2 saturated heterocycles. The van der Waals surface area contributed by atoms with Gasteiger partial charge in [0.2, 0.25) is 5.91 Å². The number of alkyl halides is 1. The molecule has 0 saturated carbocycles. The predicted octanol–water partition coefficient (Wildman–Crippen LogP) is 6.71. The van der Waals surface area contributed by atoms with Crippen LogP contribution in [0, 0.1) is 11.8 Å². The fourth-order valence-electron chi connectivity index (χ4n) is 5.99. The number of halogens is 1. The van der Waals surface area contributed by atoms with Gasteiger partial charge in [0.1, 0.15) is 5.67 Å². The summed E-state index contributed by atoms with van der Waals surface area (Å²) in [5, 5.41) is 0. The molecule has 3 aliphatic rings. The third-order valence-corrected chi connectivity index (χ3v) is 8.19. The number of amides is 1. The summed E-state index contributed by atoms with van der Waals surface area (Å²) in [7, 11) is 0. The van der Waals surface area contributed by atoms with E-state index in [1.807, 2.05) is 0 Å². The van der Waals surface area contributed by atoms with Gasteiger partial charge in [0, 0.05) is 31.8 Å². The molecule has 3 rings (SSSR count). The zero-order chi connectivity index (χ0) is 25.3. The number of carbonyl (C=O) groups excluding carboxylic acids is 1. The second-order valence-corrected chi connectivity index (χ2v) is 11.9. The summed E-state index contributed by atoms with van der Waals surface area (Å²) in [6.07, 6.45) is 16.9. The highest BCUT2D eigenvalue weighted by Crippen LogP contribution is 2.30. The van der Waals surface area contributed by atoms with Crippen LogP contribution in [0.1, 0.15) is 98.3 Å². The van der Waals surface area contributed by atoms with Crippen LogP contribution in [0.2, 0.25) is 0 Å². The molecular formula is C30H51FN2O2. The molecule has 2 aliphatic heterocycles. The number of carbonyl (C=O) groups is 1. The van der Waals surface area contributed by atoms with Crippen molar-refractivity contribution in [1.82, 2.24) is 9.80 Å². The van der Waals surface area contributed by atoms with Crippen molar-refractivity contribution in [3.05, 3.63) is 23.3 Å². The van der Waals surface area contributed by atoms with Crippen LogP contribution < -0.4 is 0 Å². The first kappa shape index (κ1) is 28.4. The van der Waals surface area contributed by atoms with Crippen LogP contribution in [-0.4, -0.2) is 66.8 Å². The summed E-state index contributed by atoms with van der Waals surface area (Å²) in [6.45, 7) is 13.0. The maximum absolute atomic E-state index is 13.9. The van der Waals surface area contributed by atoms with E-state index >= 15 is 0 Å². The van der Waals surface area contributed by atoms with Crippen molar-refractivity contribution >= 4 is 5.91 Å². The highest BCUT2D eigenvalue weighted by atomic mass is 19.1. The number of hydrogen-bond donors (Lipinski definition) is 0. The van der Waals surface area contributed by atoms with Crippen molar-refractivity contribution in [3.63, 3.8) is 0 Å². The fraction of sp³-hybridized carbons (Fsp3) is 0.833. The van der Waals surface area contributed by atoms with E-state index in [0.29, 0.717) is 18.4 Å². The van der Waals surface area contributed by atoms with Crippen LogP contribution in [0.25, 0.3) is 0 Å². The van der Waals surface area contributed by atoms with E-state index in [1.54, 1.807) is 13.8 Å². The molecule has 1 aliphatic carbocycles. The Morgan fingerprint density at radius 3 is 2.43 bits per heavy atom. The van der Waals surface area contributed by atoms with E-state index in [-0.39, 0.29) is 12.0 Å². The minimum Gasteiger partial charge on any atom is -0.378 e. The van der Waals surface area contributed by atoms with Crippen molar-refractivity contribution in [2.75, 3.05) is 39.3 Å². The monoisotopic (exact) mass is 490 g/mol. The first-order chi connectivity index (χ1) is 16.7. The lowest BCUT2D eigenvalue weighted by atomic mass is 9.88. The van der Waals surface area contributed by atoms with Gasteiger partial charge in [0.15, 0.2) is 0 Å². The normalized spacial score (nSPS) is 22.8. The van der Waals surface area contributed by atoms with E-state index in [1.165, 1.54) is 12.0 Å². The second kappa shape index (κ2) is 13.9. The largest absolute Gasteiger partial charge is 0.378 e. The molecule has 0 aromatic heterocycles. The van der Waals surface area contributed by atoms with Crippen LogP contribution in [0.4, 0.5) is 4.39 Å². The number of hydrogen-bond acceptors (Lipinski definition) is 3. The van der Waals surface area contributed by atoms with Gasteiger partial charge in [-0.25, -0.2) is 4.39 Å². The number of likely N-dealkylation sites (tertiary alicyclic amines) is 2. The van der Waals surface area contributed by atoms with E-state index < -0.39 is 5.67 Å². The molecule has 5 heteroatoms. The Bertz CT molecular complexity index is 712. The molecule has 4 nitrogen and oxygen atoms in total. The lowest BCUT2D eigenvalue weighted by Gasteiger charge is -2.34. The zero-order valence-electron chi connectivity index (χ0n) is 23.0. The molecule has 35 heavy (non-hydrogen) atoms. The number of piperidine rings is 2. The van der Waals surface area contributed by atoms with Gasteiger partial charge >= 0.3 is 0 Å². The van der Waals surface area contributed by atoms with E-state index in [2.05, 4.69) is 35.8 Å². The molecule has 0 N–H and O–H groups in total. The smallest absolute Gasteiger partial charge is 0.249 e. The Kier molecular flexibility index (Phi) is 11.3. The topological polar surface area (TPSA) is 32.8 Å². The predicted molar refractivity (Wildman–Crippen MR) is 143 cm³/mol. The van der Waals surface area contributed by atoms with E-state index in [0.717, 1.165) is 103 Å². The van der Waals surface area contributed by atoms with Crippen molar-refractivity contribution in [2.45, 2.75) is 110 Å². The summed E-state index contributed by atoms with van der Waals surface area (Å²) in [5.41, 5.74) is 1.42.